The van der Waals surface area contributed by atoms with Gasteiger partial charge in [0, 0.05) is 39.9 Å². The van der Waals surface area contributed by atoms with Crippen molar-refractivity contribution in [2.75, 3.05) is 5.32 Å². The molecule has 0 amide bonds. The molecule has 1 N–H and O–H groups in total. The second-order valence-corrected chi connectivity index (χ2v) is 5.42. The highest BCUT2D eigenvalue weighted by Gasteiger charge is 2.01. The van der Waals surface area contributed by atoms with E-state index in [4.69, 9.17) is 0 Å². The molecule has 3 aromatic rings. The molecule has 1 aromatic carbocycles. The van der Waals surface area contributed by atoms with Crippen molar-refractivity contribution in [2.45, 2.75) is 13.5 Å². The Morgan fingerprint density at radius 2 is 2.17 bits per heavy atom. The number of rotatable bonds is 3. The van der Waals surface area contributed by atoms with Crippen LogP contribution in [-0.2, 0) is 6.54 Å². The molecule has 0 bridgehead atoms. The highest BCUT2D eigenvalue weighted by atomic mass is 32.1. The first-order valence-electron chi connectivity index (χ1n) is 5.81. The molecule has 0 aliphatic heterocycles. The smallest absolute Gasteiger partial charge is 0.0897 e. The Morgan fingerprint density at radius 3 is 3.00 bits per heavy atom. The summed E-state index contributed by atoms with van der Waals surface area (Å²) in [5, 5.41) is 6.92. The summed E-state index contributed by atoms with van der Waals surface area (Å²) >= 11 is 1.73. The molecular formula is C14H13N3S. The van der Waals surface area contributed by atoms with Gasteiger partial charge in [-0.15, -0.1) is 11.3 Å². The molecule has 0 spiro atoms. The molecule has 2 aromatic heterocycles. The van der Waals surface area contributed by atoms with E-state index in [1.54, 1.807) is 11.3 Å². The molecule has 3 nitrogen and oxygen atoms in total. The van der Waals surface area contributed by atoms with Crippen molar-refractivity contribution < 1.29 is 0 Å². The lowest BCUT2D eigenvalue weighted by Crippen LogP contribution is -1.98. The molecule has 4 heteroatoms. The Labute approximate surface area is 110 Å². The number of benzene rings is 1. The molecule has 3 rings (SSSR count). The molecule has 0 aliphatic carbocycles. The highest BCUT2D eigenvalue weighted by Crippen LogP contribution is 2.23. The van der Waals surface area contributed by atoms with Gasteiger partial charge in [-0.25, -0.2) is 4.98 Å². The number of fused-ring (bicyclic) bond motifs is 1. The lowest BCUT2D eigenvalue weighted by atomic mass is 10.1. The fourth-order valence-corrected chi connectivity index (χ4v) is 2.68. The van der Waals surface area contributed by atoms with Crippen LogP contribution < -0.4 is 5.32 Å². The van der Waals surface area contributed by atoms with Crippen LogP contribution in [0.4, 0.5) is 5.69 Å². The average Bonchev–Trinajstić information content (AvgIpc) is 2.82. The maximum Gasteiger partial charge on any atom is 0.0897 e. The number of aromatic nitrogens is 2. The number of hydrogen-bond acceptors (Lipinski definition) is 4. The lowest BCUT2D eigenvalue weighted by molar-refractivity contribution is 1.17. The fourth-order valence-electron chi connectivity index (χ4n) is 1.95. The Hall–Kier alpha value is -1.94. The molecule has 0 radical (unpaired) electrons. The number of anilines is 1. The van der Waals surface area contributed by atoms with E-state index >= 15 is 0 Å². The quantitative estimate of drug-likeness (QED) is 0.777. The second-order valence-electron chi connectivity index (χ2n) is 4.10. The Kier molecular flexibility index (Phi) is 2.94. The van der Waals surface area contributed by atoms with Gasteiger partial charge in [0.05, 0.1) is 11.6 Å². The zero-order valence-electron chi connectivity index (χ0n) is 10.1. The van der Waals surface area contributed by atoms with Crippen LogP contribution in [0.25, 0.3) is 10.8 Å². The van der Waals surface area contributed by atoms with Crippen LogP contribution in [0.2, 0.25) is 0 Å². The molecule has 0 saturated carbocycles. The van der Waals surface area contributed by atoms with Crippen molar-refractivity contribution in [3.63, 3.8) is 0 Å². The van der Waals surface area contributed by atoms with E-state index in [0.29, 0.717) is 0 Å². The van der Waals surface area contributed by atoms with E-state index in [2.05, 4.69) is 27.4 Å². The molecule has 0 aliphatic rings. The largest absolute Gasteiger partial charge is 0.380 e. The molecule has 2 heterocycles. The number of hydrogen-bond donors (Lipinski definition) is 1. The van der Waals surface area contributed by atoms with E-state index in [1.807, 2.05) is 37.6 Å². The molecular weight excluding hydrogens is 242 g/mol. The van der Waals surface area contributed by atoms with E-state index in [1.165, 1.54) is 10.3 Å². The standard InChI is InChI=1S/C14H13N3S/c1-10-16-8-12(18-10)9-17-14-4-2-3-11-7-15-6-5-13(11)14/h2-8,17H,9H2,1H3. The van der Waals surface area contributed by atoms with Crippen molar-refractivity contribution >= 4 is 27.8 Å². The van der Waals surface area contributed by atoms with Crippen molar-refractivity contribution in [2.24, 2.45) is 0 Å². The third-order valence-electron chi connectivity index (χ3n) is 2.80. The summed E-state index contributed by atoms with van der Waals surface area (Å²) in [6.45, 7) is 2.84. The number of nitrogens with one attached hydrogen (secondary N) is 1. The van der Waals surface area contributed by atoms with Gasteiger partial charge in [-0.3, -0.25) is 4.98 Å². The summed E-state index contributed by atoms with van der Waals surface area (Å²) in [6, 6.07) is 8.25. The Balaban J connectivity index is 1.86. The highest BCUT2D eigenvalue weighted by molar-refractivity contribution is 7.11. The third-order valence-corrected chi connectivity index (χ3v) is 3.72. The van der Waals surface area contributed by atoms with Crippen LogP contribution in [0.1, 0.15) is 9.88 Å². The van der Waals surface area contributed by atoms with Crippen molar-refractivity contribution in [1.82, 2.24) is 9.97 Å². The summed E-state index contributed by atoms with van der Waals surface area (Å²) in [7, 11) is 0. The van der Waals surface area contributed by atoms with E-state index in [0.717, 1.165) is 22.6 Å². The van der Waals surface area contributed by atoms with Gasteiger partial charge in [-0.05, 0) is 19.1 Å². The second kappa shape index (κ2) is 4.74. The summed E-state index contributed by atoms with van der Waals surface area (Å²) < 4.78 is 0. The van der Waals surface area contributed by atoms with Gasteiger partial charge in [0.15, 0.2) is 0 Å². The first-order valence-corrected chi connectivity index (χ1v) is 6.62. The summed E-state index contributed by atoms with van der Waals surface area (Å²) in [5.74, 6) is 0. The number of thiazole rings is 1. The minimum absolute atomic E-state index is 0.812. The minimum atomic E-state index is 0.812. The fraction of sp³-hybridized carbons (Fsp3) is 0.143. The van der Waals surface area contributed by atoms with Crippen LogP contribution in [0.15, 0.2) is 42.9 Å². The van der Waals surface area contributed by atoms with Gasteiger partial charge < -0.3 is 5.32 Å². The lowest BCUT2D eigenvalue weighted by Gasteiger charge is -2.08. The predicted molar refractivity (Wildman–Crippen MR) is 75.9 cm³/mol. The van der Waals surface area contributed by atoms with Crippen LogP contribution >= 0.6 is 11.3 Å². The van der Waals surface area contributed by atoms with Crippen LogP contribution in [0, 0.1) is 6.92 Å². The molecule has 0 saturated heterocycles. The topological polar surface area (TPSA) is 37.8 Å². The zero-order valence-corrected chi connectivity index (χ0v) is 10.9. The average molecular weight is 255 g/mol. The number of aryl methyl sites for hydroxylation is 1. The summed E-state index contributed by atoms with van der Waals surface area (Å²) in [5.41, 5.74) is 1.14. The van der Waals surface area contributed by atoms with E-state index < -0.39 is 0 Å². The summed E-state index contributed by atoms with van der Waals surface area (Å²) in [4.78, 5) is 9.65. The molecule has 0 fully saturated rings. The molecule has 90 valence electrons. The first-order chi connectivity index (χ1) is 8.83. The Bertz CT molecular complexity index is 670. The van der Waals surface area contributed by atoms with E-state index in [-0.39, 0.29) is 0 Å². The molecule has 18 heavy (non-hydrogen) atoms. The van der Waals surface area contributed by atoms with Crippen molar-refractivity contribution in [1.29, 1.82) is 0 Å². The molecule has 0 unspecified atom stereocenters. The van der Waals surface area contributed by atoms with Gasteiger partial charge in [0.2, 0.25) is 0 Å². The maximum atomic E-state index is 4.26. The monoisotopic (exact) mass is 255 g/mol. The normalized spacial score (nSPS) is 10.7. The maximum absolute atomic E-state index is 4.26. The van der Waals surface area contributed by atoms with Crippen molar-refractivity contribution in [3.8, 4) is 0 Å². The number of nitrogens with zero attached hydrogens (tertiary/aromatic N) is 2. The predicted octanol–water partition coefficient (Wildman–Crippen LogP) is 3.61. The van der Waals surface area contributed by atoms with Crippen LogP contribution in [0.5, 0.6) is 0 Å². The van der Waals surface area contributed by atoms with Crippen LogP contribution in [0.3, 0.4) is 0 Å². The minimum Gasteiger partial charge on any atom is -0.380 e. The number of pyridine rings is 1. The first kappa shape index (κ1) is 11.2. The van der Waals surface area contributed by atoms with Gasteiger partial charge in [0.25, 0.3) is 0 Å². The zero-order chi connectivity index (χ0) is 12.4. The summed E-state index contributed by atoms with van der Waals surface area (Å²) in [6.07, 6.45) is 5.64. The van der Waals surface area contributed by atoms with Gasteiger partial charge in [-0.2, -0.15) is 0 Å². The van der Waals surface area contributed by atoms with Gasteiger partial charge >= 0.3 is 0 Å². The van der Waals surface area contributed by atoms with Crippen molar-refractivity contribution in [3.05, 3.63) is 52.7 Å². The Morgan fingerprint density at radius 1 is 1.22 bits per heavy atom. The van der Waals surface area contributed by atoms with Crippen LogP contribution in [-0.4, -0.2) is 9.97 Å². The van der Waals surface area contributed by atoms with E-state index in [9.17, 15) is 0 Å². The third kappa shape index (κ3) is 2.19. The SMILES string of the molecule is Cc1ncc(CNc2cccc3cnccc23)s1. The molecule has 0 atom stereocenters. The van der Waals surface area contributed by atoms with Gasteiger partial charge in [0.1, 0.15) is 0 Å². The van der Waals surface area contributed by atoms with Gasteiger partial charge in [-0.1, -0.05) is 12.1 Å².